The second-order valence-corrected chi connectivity index (χ2v) is 3.79. The van der Waals surface area contributed by atoms with Crippen molar-refractivity contribution in [3.05, 3.63) is 5.82 Å². The molecule has 0 bridgehead atoms. The van der Waals surface area contributed by atoms with Crippen LogP contribution in [0.2, 0.25) is 0 Å². The van der Waals surface area contributed by atoms with Gasteiger partial charge in [-0.1, -0.05) is 6.92 Å². The Morgan fingerprint density at radius 1 is 1.50 bits per heavy atom. The molecule has 1 aromatic rings. The van der Waals surface area contributed by atoms with Crippen LogP contribution in [0.1, 0.15) is 25.6 Å². The summed E-state index contributed by atoms with van der Waals surface area (Å²) < 4.78 is 5.05. The van der Waals surface area contributed by atoms with Crippen LogP contribution in [0, 0.1) is 0 Å². The first kappa shape index (κ1) is 13.1. The normalized spacial score (nSPS) is 12.9. The molecule has 6 heteroatoms. The molecule has 6 nitrogen and oxygen atoms in total. The molecular weight excluding hydrogens is 206 g/mol. The van der Waals surface area contributed by atoms with E-state index in [4.69, 9.17) is 4.74 Å². The monoisotopic (exact) mass is 227 g/mol. The number of nitrogens with one attached hydrogen (secondary N) is 1. The Morgan fingerprint density at radius 2 is 2.31 bits per heavy atom. The smallest absolute Gasteiger partial charge is 0.176 e. The van der Waals surface area contributed by atoms with Crippen molar-refractivity contribution in [3.63, 3.8) is 0 Å². The van der Waals surface area contributed by atoms with Gasteiger partial charge in [-0.2, -0.15) is 4.80 Å². The van der Waals surface area contributed by atoms with Gasteiger partial charge < -0.3 is 10.1 Å². The minimum Gasteiger partial charge on any atom is -0.385 e. The molecule has 0 aliphatic heterocycles. The van der Waals surface area contributed by atoms with E-state index in [-0.39, 0.29) is 0 Å². The minimum atomic E-state index is 0.407. The Bertz CT molecular complexity index is 288. The summed E-state index contributed by atoms with van der Waals surface area (Å²) in [5, 5.41) is 15.4. The average molecular weight is 227 g/mol. The average Bonchev–Trinajstić information content (AvgIpc) is 2.65. The van der Waals surface area contributed by atoms with E-state index in [1.165, 1.54) is 4.80 Å². The topological polar surface area (TPSA) is 64.9 Å². The van der Waals surface area contributed by atoms with Crippen LogP contribution in [-0.4, -0.2) is 46.5 Å². The van der Waals surface area contributed by atoms with Crippen molar-refractivity contribution in [2.45, 2.75) is 32.2 Å². The van der Waals surface area contributed by atoms with Crippen LogP contribution in [0.15, 0.2) is 0 Å². The quantitative estimate of drug-likeness (QED) is 0.641. The van der Waals surface area contributed by atoms with Gasteiger partial charge in [0, 0.05) is 26.2 Å². The fourth-order valence-corrected chi connectivity index (χ4v) is 1.66. The highest BCUT2D eigenvalue weighted by atomic mass is 16.5. The predicted molar refractivity (Wildman–Crippen MR) is 61.1 cm³/mol. The van der Waals surface area contributed by atoms with Crippen molar-refractivity contribution in [1.29, 1.82) is 0 Å². The number of hydrogen-bond donors (Lipinski definition) is 1. The van der Waals surface area contributed by atoms with Gasteiger partial charge in [0.2, 0.25) is 0 Å². The number of aryl methyl sites for hydroxylation is 1. The second kappa shape index (κ2) is 7.29. The van der Waals surface area contributed by atoms with Crippen molar-refractivity contribution in [1.82, 2.24) is 25.5 Å². The van der Waals surface area contributed by atoms with E-state index in [1.54, 1.807) is 14.2 Å². The predicted octanol–water partition coefficient (Wildman–Crippen LogP) is 0.157. The Morgan fingerprint density at radius 3 is 2.88 bits per heavy atom. The Balaban J connectivity index is 2.37. The van der Waals surface area contributed by atoms with Gasteiger partial charge in [-0.05, 0) is 24.6 Å². The van der Waals surface area contributed by atoms with Crippen LogP contribution in [0.4, 0.5) is 0 Å². The summed E-state index contributed by atoms with van der Waals surface area (Å²) in [6, 6.07) is 0.407. The van der Waals surface area contributed by atoms with E-state index in [2.05, 4.69) is 27.7 Å². The summed E-state index contributed by atoms with van der Waals surface area (Å²) >= 11 is 0. The zero-order valence-electron chi connectivity index (χ0n) is 10.3. The Hall–Kier alpha value is -1.01. The molecule has 0 amide bonds. The lowest BCUT2D eigenvalue weighted by Gasteiger charge is -2.15. The van der Waals surface area contributed by atoms with Gasteiger partial charge in [-0.15, -0.1) is 10.2 Å². The van der Waals surface area contributed by atoms with Crippen molar-refractivity contribution in [2.24, 2.45) is 7.05 Å². The van der Waals surface area contributed by atoms with E-state index >= 15 is 0 Å². The zero-order valence-corrected chi connectivity index (χ0v) is 10.3. The summed E-state index contributed by atoms with van der Waals surface area (Å²) in [7, 11) is 3.51. The van der Waals surface area contributed by atoms with E-state index in [9.17, 15) is 0 Å². The standard InChI is InChI=1S/C10H21N5O/c1-4-11-9(6-5-7-16-3)8-10-12-14-15(2)13-10/h9,11H,4-8H2,1-3H3. The maximum Gasteiger partial charge on any atom is 0.176 e. The summed E-state index contributed by atoms with van der Waals surface area (Å²) in [6.07, 6.45) is 2.94. The fourth-order valence-electron chi connectivity index (χ4n) is 1.66. The highest BCUT2D eigenvalue weighted by molar-refractivity contribution is 4.84. The first-order valence-corrected chi connectivity index (χ1v) is 5.71. The van der Waals surface area contributed by atoms with Crippen LogP contribution in [-0.2, 0) is 18.2 Å². The third-order valence-corrected chi connectivity index (χ3v) is 2.37. The molecule has 0 spiro atoms. The molecule has 0 radical (unpaired) electrons. The SMILES string of the molecule is CCNC(CCCOC)Cc1nnn(C)n1. The number of nitrogens with zero attached hydrogens (tertiary/aromatic N) is 4. The van der Waals surface area contributed by atoms with Crippen LogP contribution < -0.4 is 5.32 Å². The number of hydrogen-bond acceptors (Lipinski definition) is 5. The second-order valence-electron chi connectivity index (χ2n) is 3.79. The number of aromatic nitrogens is 4. The van der Waals surface area contributed by atoms with E-state index in [1.807, 2.05) is 0 Å². The molecule has 1 heterocycles. The van der Waals surface area contributed by atoms with Gasteiger partial charge in [0.05, 0.1) is 7.05 Å². The lowest BCUT2D eigenvalue weighted by Crippen LogP contribution is -2.31. The molecule has 16 heavy (non-hydrogen) atoms. The number of methoxy groups -OCH3 is 1. The summed E-state index contributed by atoms with van der Waals surface area (Å²) in [4.78, 5) is 1.49. The Kier molecular flexibility index (Phi) is 5.95. The van der Waals surface area contributed by atoms with Crippen LogP contribution in [0.3, 0.4) is 0 Å². The molecule has 0 aliphatic carbocycles. The third kappa shape index (κ3) is 4.67. The first-order valence-electron chi connectivity index (χ1n) is 5.71. The van der Waals surface area contributed by atoms with E-state index < -0.39 is 0 Å². The highest BCUT2D eigenvalue weighted by Crippen LogP contribution is 2.03. The fraction of sp³-hybridized carbons (Fsp3) is 0.900. The van der Waals surface area contributed by atoms with Gasteiger partial charge in [0.15, 0.2) is 5.82 Å². The van der Waals surface area contributed by atoms with E-state index in [0.29, 0.717) is 6.04 Å². The van der Waals surface area contributed by atoms with Crippen LogP contribution >= 0.6 is 0 Å². The molecule has 1 rings (SSSR count). The lowest BCUT2D eigenvalue weighted by molar-refractivity contribution is 0.188. The molecule has 92 valence electrons. The van der Waals surface area contributed by atoms with Gasteiger partial charge in [-0.25, -0.2) is 0 Å². The van der Waals surface area contributed by atoms with E-state index in [0.717, 1.165) is 38.2 Å². The van der Waals surface area contributed by atoms with Gasteiger partial charge >= 0.3 is 0 Å². The molecular formula is C10H21N5O. The van der Waals surface area contributed by atoms with Gasteiger partial charge in [0.25, 0.3) is 0 Å². The molecule has 0 saturated carbocycles. The molecule has 0 aliphatic rings. The molecule has 1 N–H and O–H groups in total. The van der Waals surface area contributed by atoms with Gasteiger partial charge in [-0.3, -0.25) is 0 Å². The molecule has 0 saturated heterocycles. The van der Waals surface area contributed by atoms with Crippen molar-refractivity contribution >= 4 is 0 Å². The third-order valence-electron chi connectivity index (χ3n) is 2.37. The summed E-state index contributed by atoms with van der Waals surface area (Å²) in [5.41, 5.74) is 0. The number of ether oxygens (including phenoxy) is 1. The summed E-state index contributed by atoms with van der Waals surface area (Å²) in [6.45, 7) is 3.86. The maximum atomic E-state index is 5.05. The number of rotatable bonds is 8. The zero-order chi connectivity index (χ0) is 11.8. The van der Waals surface area contributed by atoms with Gasteiger partial charge in [0.1, 0.15) is 0 Å². The highest BCUT2D eigenvalue weighted by Gasteiger charge is 2.11. The van der Waals surface area contributed by atoms with Crippen molar-refractivity contribution in [3.8, 4) is 0 Å². The lowest BCUT2D eigenvalue weighted by atomic mass is 10.1. The molecule has 1 unspecified atom stereocenters. The van der Waals surface area contributed by atoms with Crippen LogP contribution in [0.25, 0.3) is 0 Å². The summed E-state index contributed by atoms with van der Waals surface area (Å²) in [5.74, 6) is 0.797. The minimum absolute atomic E-state index is 0.407. The van der Waals surface area contributed by atoms with Crippen molar-refractivity contribution < 1.29 is 4.74 Å². The first-order chi connectivity index (χ1) is 7.76. The molecule has 1 atom stereocenters. The number of likely N-dealkylation sites (N-methyl/N-ethyl adjacent to an activating group) is 1. The molecule has 1 aromatic heterocycles. The Labute approximate surface area is 96.4 Å². The largest absolute Gasteiger partial charge is 0.385 e. The van der Waals surface area contributed by atoms with Crippen molar-refractivity contribution in [2.75, 3.05) is 20.3 Å². The maximum absolute atomic E-state index is 5.05. The van der Waals surface area contributed by atoms with Crippen LogP contribution in [0.5, 0.6) is 0 Å². The number of tetrazole rings is 1. The molecule has 0 fully saturated rings. The molecule has 0 aromatic carbocycles.